The van der Waals surface area contributed by atoms with E-state index in [0.717, 1.165) is 10.2 Å². The molecule has 2 aromatic heterocycles. The molecule has 0 radical (unpaired) electrons. The van der Waals surface area contributed by atoms with Crippen molar-refractivity contribution in [3.63, 3.8) is 0 Å². The van der Waals surface area contributed by atoms with Crippen molar-refractivity contribution >= 4 is 39.3 Å². The number of aromatic nitrogens is 4. The second kappa shape index (κ2) is 7.17. The molecule has 0 aliphatic heterocycles. The number of rotatable bonds is 3. The number of nitrogens with one attached hydrogen (secondary N) is 1. The highest BCUT2D eigenvalue weighted by Gasteiger charge is 2.23. The van der Waals surface area contributed by atoms with Crippen molar-refractivity contribution in [2.45, 2.75) is 26.2 Å². The Balaban J connectivity index is 2.02. The topological polar surface area (TPSA) is 72.7 Å². The van der Waals surface area contributed by atoms with Gasteiger partial charge in [0.1, 0.15) is 5.82 Å². The molecule has 0 fully saturated rings. The summed E-state index contributed by atoms with van der Waals surface area (Å²) >= 11 is 9.52. The Morgan fingerprint density at radius 1 is 1.19 bits per heavy atom. The first kappa shape index (κ1) is 18.5. The summed E-state index contributed by atoms with van der Waals surface area (Å²) in [5.74, 6) is 0.509. The molecule has 6 nitrogen and oxygen atoms in total. The largest absolute Gasteiger partial charge is 0.306 e. The summed E-state index contributed by atoms with van der Waals surface area (Å²) in [6, 6.07) is 8.65. The molecule has 3 rings (SSSR count). The van der Waals surface area contributed by atoms with Crippen molar-refractivity contribution in [1.82, 2.24) is 19.7 Å². The van der Waals surface area contributed by atoms with Crippen LogP contribution in [0.5, 0.6) is 0 Å². The lowest BCUT2D eigenvalue weighted by Crippen LogP contribution is -2.16. The molecule has 0 spiro atoms. The van der Waals surface area contributed by atoms with E-state index in [1.165, 1.54) is 4.68 Å². The Bertz CT molecular complexity index is 950. The van der Waals surface area contributed by atoms with Gasteiger partial charge in [0, 0.05) is 28.3 Å². The van der Waals surface area contributed by atoms with Crippen LogP contribution in [-0.4, -0.2) is 25.7 Å². The van der Waals surface area contributed by atoms with E-state index in [1.54, 1.807) is 36.7 Å². The number of halogens is 2. The zero-order valence-electron chi connectivity index (χ0n) is 14.5. The molecule has 1 aromatic carbocycles. The number of carbonyl (C=O) groups excluding carboxylic acids is 1. The quantitative estimate of drug-likeness (QED) is 0.652. The monoisotopic (exact) mass is 433 g/mol. The molecule has 0 aliphatic rings. The summed E-state index contributed by atoms with van der Waals surface area (Å²) in [5.41, 5.74) is 0.966. The van der Waals surface area contributed by atoms with Crippen LogP contribution in [0.3, 0.4) is 0 Å². The molecule has 0 atom stereocenters. The Morgan fingerprint density at radius 3 is 2.54 bits per heavy atom. The molecule has 1 N–H and O–H groups in total. The fraction of sp³-hybridized carbons (Fsp3) is 0.222. The van der Waals surface area contributed by atoms with Gasteiger partial charge in [-0.05, 0) is 24.3 Å². The van der Waals surface area contributed by atoms with Gasteiger partial charge < -0.3 is 5.32 Å². The Morgan fingerprint density at radius 2 is 1.88 bits per heavy atom. The molecular weight excluding hydrogens is 418 g/mol. The Kier molecular flexibility index (Phi) is 5.11. The van der Waals surface area contributed by atoms with Crippen molar-refractivity contribution in [3.8, 4) is 5.95 Å². The lowest BCUT2D eigenvalue weighted by molar-refractivity contribution is 0.102. The van der Waals surface area contributed by atoms with E-state index in [4.69, 9.17) is 11.6 Å². The average Bonchev–Trinajstić information content (AvgIpc) is 3.02. The fourth-order valence-corrected chi connectivity index (χ4v) is 2.81. The van der Waals surface area contributed by atoms with Crippen molar-refractivity contribution in [1.29, 1.82) is 0 Å². The van der Waals surface area contributed by atoms with Gasteiger partial charge in [0.15, 0.2) is 0 Å². The summed E-state index contributed by atoms with van der Waals surface area (Å²) in [4.78, 5) is 21.2. The van der Waals surface area contributed by atoms with Gasteiger partial charge in [0.05, 0.1) is 16.3 Å². The predicted molar refractivity (Wildman–Crippen MR) is 105 cm³/mol. The molecule has 1 amide bonds. The van der Waals surface area contributed by atoms with Gasteiger partial charge in [0.2, 0.25) is 0 Å². The maximum absolute atomic E-state index is 12.7. The lowest BCUT2D eigenvalue weighted by atomic mass is 9.92. The van der Waals surface area contributed by atoms with Gasteiger partial charge in [-0.15, -0.1) is 0 Å². The van der Waals surface area contributed by atoms with E-state index in [1.807, 2.05) is 26.8 Å². The highest BCUT2D eigenvalue weighted by Crippen LogP contribution is 2.27. The molecule has 26 heavy (non-hydrogen) atoms. The van der Waals surface area contributed by atoms with Crippen molar-refractivity contribution in [3.05, 3.63) is 63.5 Å². The minimum Gasteiger partial charge on any atom is -0.306 e. The second-order valence-corrected chi connectivity index (χ2v) is 8.03. The van der Waals surface area contributed by atoms with Crippen LogP contribution in [0.2, 0.25) is 5.02 Å². The van der Waals surface area contributed by atoms with Gasteiger partial charge in [-0.2, -0.15) is 9.78 Å². The van der Waals surface area contributed by atoms with E-state index in [-0.39, 0.29) is 11.3 Å². The number of hydrogen-bond donors (Lipinski definition) is 1. The van der Waals surface area contributed by atoms with Gasteiger partial charge in [-0.3, -0.25) is 4.79 Å². The maximum Gasteiger partial charge on any atom is 0.258 e. The predicted octanol–water partition coefficient (Wildman–Crippen LogP) is 4.63. The first-order valence-electron chi connectivity index (χ1n) is 7.90. The zero-order valence-corrected chi connectivity index (χ0v) is 16.8. The van der Waals surface area contributed by atoms with Crippen LogP contribution in [0.1, 0.15) is 36.8 Å². The number of nitrogens with zero attached hydrogens (tertiary/aromatic N) is 4. The third-order valence-corrected chi connectivity index (χ3v) is 4.46. The highest BCUT2D eigenvalue weighted by molar-refractivity contribution is 9.10. The van der Waals surface area contributed by atoms with Crippen molar-refractivity contribution < 1.29 is 4.79 Å². The molecule has 0 bridgehead atoms. The van der Waals surface area contributed by atoms with Crippen molar-refractivity contribution in [2.75, 3.05) is 5.32 Å². The average molecular weight is 435 g/mol. The molecule has 0 saturated carbocycles. The van der Waals surface area contributed by atoms with Crippen LogP contribution in [-0.2, 0) is 5.41 Å². The number of amides is 1. The third-order valence-electron chi connectivity index (χ3n) is 3.63. The normalized spacial score (nSPS) is 11.4. The Labute approximate surface area is 164 Å². The SMILES string of the molecule is CC(C)(C)c1cc(NC(=O)c2cc(Br)ccc2Cl)n(-c2ncccn2)n1. The summed E-state index contributed by atoms with van der Waals surface area (Å²) < 4.78 is 2.28. The summed E-state index contributed by atoms with van der Waals surface area (Å²) in [7, 11) is 0. The molecule has 0 unspecified atom stereocenters. The molecule has 0 saturated heterocycles. The zero-order chi connectivity index (χ0) is 18.9. The van der Waals surface area contributed by atoms with Crippen LogP contribution in [0, 0.1) is 0 Å². The molecule has 8 heteroatoms. The maximum atomic E-state index is 12.7. The molecule has 3 aromatic rings. The standard InChI is InChI=1S/C18H17BrClN5O/c1-18(2,3)14-10-15(25(24-14)17-21-7-4-8-22-17)23-16(26)12-9-11(19)5-6-13(12)20/h4-10H,1-3H3,(H,23,26). The van der Waals surface area contributed by atoms with E-state index >= 15 is 0 Å². The van der Waals surface area contributed by atoms with Crippen LogP contribution in [0.4, 0.5) is 5.82 Å². The number of hydrogen-bond acceptors (Lipinski definition) is 4. The minimum absolute atomic E-state index is 0.201. The summed E-state index contributed by atoms with van der Waals surface area (Å²) in [5, 5.41) is 7.80. The van der Waals surface area contributed by atoms with Gasteiger partial charge in [0.25, 0.3) is 11.9 Å². The molecule has 134 valence electrons. The van der Waals surface area contributed by atoms with E-state index in [2.05, 4.69) is 36.3 Å². The first-order chi connectivity index (χ1) is 12.3. The van der Waals surface area contributed by atoms with Gasteiger partial charge in [-0.25, -0.2) is 9.97 Å². The first-order valence-corrected chi connectivity index (χ1v) is 9.07. The van der Waals surface area contributed by atoms with Crippen molar-refractivity contribution in [2.24, 2.45) is 0 Å². The van der Waals surface area contributed by atoms with E-state index < -0.39 is 0 Å². The van der Waals surface area contributed by atoms with E-state index in [0.29, 0.717) is 22.4 Å². The molecule has 2 heterocycles. The van der Waals surface area contributed by atoms with E-state index in [9.17, 15) is 4.79 Å². The second-order valence-electron chi connectivity index (χ2n) is 6.70. The van der Waals surface area contributed by atoms with Crippen LogP contribution in [0.15, 0.2) is 47.2 Å². The van der Waals surface area contributed by atoms with Crippen LogP contribution in [0.25, 0.3) is 5.95 Å². The summed E-state index contributed by atoms with van der Waals surface area (Å²) in [6.45, 7) is 6.13. The smallest absolute Gasteiger partial charge is 0.258 e. The van der Waals surface area contributed by atoms with Gasteiger partial charge >= 0.3 is 0 Å². The number of anilines is 1. The molecule has 0 aliphatic carbocycles. The lowest BCUT2D eigenvalue weighted by Gasteiger charge is -2.13. The van der Waals surface area contributed by atoms with Gasteiger partial charge in [-0.1, -0.05) is 48.3 Å². The van der Waals surface area contributed by atoms with Crippen LogP contribution < -0.4 is 5.32 Å². The fourth-order valence-electron chi connectivity index (χ4n) is 2.24. The third kappa shape index (κ3) is 3.94. The minimum atomic E-state index is -0.339. The van der Waals surface area contributed by atoms with Crippen LogP contribution >= 0.6 is 27.5 Å². The number of benzene rings is 1. The molecular formula is C18H17BrClN5O. The highest BCUT2D eigenvalue weighted by atomic mass is 79.9. The summed E-state index contributed by atoms with van der Waals surface area (Å²) in [6.07, 6.45) is 3.25. The Hall–Kier alpha value is -2.25. The number of carbonyl (C=O) groups is 1.